The number of hydrogen-bond donors (Lipinski definition) is 2. The first-order chi connectivity index (χ1) is 9.56. The average Bonchev–Trinajstić information content (AvgIpc) is 2.99. The molecule has 2 aromatic rings. The number of carboxylic acid groups (broad SMARTS) is 1. The smallest absolute Gasteiger partial charge is 0.336 e. The highest BCUT2D eigenvalue weighted by Gasteiger charge is 2.10. The molecule has 0 fully saturated rings. The lowest BCUT2D eigenvalue weighted by molar-refractivity contribution is -0.120. The van der Waals surface area contributed by atoms with Crippen LogP contribution in [-0.2, 0) is 24.7 Å². The van der Waals surface area contributed by atoms with Crippen molar-refractivity contribution in [1.29, 1.82) is 0 Å². The van der Waals surface area contributed by atoms with Gasteiger partial charge in [0.1, 0.15) is 12.2 Å². The fraction of sp³-hybridized carbons (Fsp3) is 0.333. The third kappa shape index (κ3) is 3.64. The van der Waals surface area contributed by atoms with E-state index in [-0.39, 0.29) is 17.9 Å². The van der Waals surface area contributed by atoms with Crippen molar-refractivity contribution < 1.29 is 14.7 Å². The van der Waals surface area contributed by atoms with Gasteiger partial charge in [0.15, 0.2) is 0 Å². The third-order valence-corrected chi connectivity index (χ3v) is 3.65. The van der Waals surface area contributed by atoms with Crippen LogP contribution in [0.15, 0.2) is 17.8 Å². The van der Waals surface area contributed by atoms with E-state index in [4.69, 9.17) is 5.11 Å². The molecule has 0 bridgehead atoms. The Balaban J connectivity index is 1.77. The summed E-state index contributed by atoms with van der Waals surface area (Å²) >= 11 is 1.27. The molecule has 2 rings (SSSR count). The van der Waals surface area contributed by atoms with Crippen molar-refractivity contribution in [3.05, 3.63) is 34.0 Å². The summed E-state index contributed by atoms with van der Waals surface area (Å²) in [7, 11) is 1.79. The molecule has 0 radical (unpaired) electrons. The van der Waals surface area contributed by atoms with Gasteiger partial charge in [0.2, 0.25) is 5.91 Å². The molecule has 0 aliphatic heterocycles. The van der Waals surface area contributed by atoms with Gasteiger partial charge in [-0.2, -0.15) is 5.10 Å². The summed E-state index contributed by atoms with van der Waals surface area (Å²) in [5.41, 5.74) is 0.219. The SMILES string of the molecule is Cn1ncnc1CCNC(=O)Cc1cc(C(=O)O)cs1. The van der Waals surface area contributed by atoms with E-state index in [1.54, 1.807) is 11.7 Å². The second-order valence-corrected chi connectivity index (χ2v) is 5.18. The Morgan fingerprint density at radius 3 is 2.90 bits per heavy atom. The maximum atomic E-state index is 11.7. The molecule has 7 nitrogen and oxygen atoms in total. The summed E-state index contributed by atoms with van der Waals surface area (Å²) in [6, 6.07) is 1.52. The van der Waals surface area contributed by atoms with Crippen LogP contribution in [0.2, 0.25) is 0 Å². The molecule has 0 atom stereocenters. The molecule has 2 aromatic heterocycles. The largest absolute Gasteiger partial charge is 0.478 e. The zero-order valence-corrected chi connectivity index (χ0v) is 11.7. The number of carbonyl (C=O) groups excluding carboxylic acids is 1. The van der Waals surface area contributed by atoms with E-state index in [2.05, 4.69) is 15.4 Å². The number of aryl methyl sites for hydroxylation is 1. The van der Waals surface area contributed by atoms with Crippen LogP contribution in [0.3, 0.4) is 0 Å². The fourth-order valence-electron chi connectivity index (χ4n) is 1.67. The van der Waals surface area contributed by atoms with Crippen molar-refractivity contribution in [2.75, 3.05) is 6.54 Å². The molecule has 0 saturated heterocycles. The average molecular weight is 294 g/mol. The minimum Gasteiger partial charge on any atom is -0.478 e. The van der Waals surface area contributed by atoms with Crippen LogP contribution in [0.4, 0.5) is 0 Å². The summed E-state index contributed by atoms with van der Waals surface area (Å²) in [6.45, 7) is 0.475. The Labute approximate surface area is 119 Å². The van der Waals surface area contributed by atoms with Gasteiger partial charge in [-0.1, -0.05) is 0 Å². The molecule has 1 amide bonds. The van der Waals surface area contributed by atoms with Gasteiger partial charge in [-0.15, -0.1) is 11.3 Å². The van der Waals surface area contributed by atoms with Gasteiger partial charge in [-0.05, 0) is 6.07 Å². The summed E-state index contributed by atoms with van der Waals surface area (Å²) in [5.74, 6) is -0.310. The number of nitrogens with zero attached hydrogens (tertiary/aromatic N) is 3. The van der Waals surface area contributed by atoms with Crippen LogP contribution in [0.1, 0.15) is 21.1 Å². The highest BCUT2D eigenvalue weighted by Crippen LogP contribution is 2.15. The lowest BCUT2D eigenvalue weighted by atomic mass is 10.2. The van der Waals surface area contributed by atoms with E-state index in [0.717, 1.165) is 10.7 Å². The molecule has 20 heavy (non-hydrogen) atoms. The van der Waals surface area contributed by atoms with E-state index in [1.807, 2.05) is 0 Å². The number of nitrogens with one attached hydrogen (secondary N) is 1. The lowest BCUT2D eigenvalue weighted by Gasteiger charge is -2.03. The number of aromatic carboxylic acids is 1. The van der Waals surface area contributed by atoms with Crippen molar-refractivity contribution in [2.45, 2.75) is 12.8 Å². The molecule has 2 heterocycles. The molecule has 0 saturated carbocycles. The first-order valence-electron chi connectivity index (χ1n) is 5.96. The van der Waals surface area contributed by atoms with E-state index in [1.165, 1.54) is 29.1 Å². The molecule has 8 heteroatoms. The summed E-state index contributed by atoms with van der Waals surface area (Å²) in [5, 5.41) is 17.0. The highest BCUT2D eigenvalue weighted by molar-refractivity contribution is 7.10. The number of carboxylic acids is 1. The van der Waals surface area contributed by atoms with Crippen molar-refractivity contribution in [2.24, 2.45) is 7.05 Å². The van der Waals surface area contributed by atoms with Gasteiger partial charge >= 0.3 is 5.97 Å². The second-order valence-electron chi connectivity index (χ2n) is 4.18. The summed E-state index contributed by atoms with van der Waals surface area (Å²) in [6.07, 6.45) is 2.26. The summed E-state index contributed by atoms with van der Waals surface area (Å²) < 4.78 is 1.66. The predicted molar refractivity (Wildman–Crippen MR) is 72.7 cm³/mol. The Bertz CT molecular complexity index is 620. The predicted octanol–water partition coefficient (Wildman–Crippen LogP) is 0.476. The van der Waals surface area contributed by atoms with Gasteiger partial charge in [-0.25, -0.2) is 9.78 Å². The van der Waals surface area contributed by atoms with Crippen LogP contribution in [0, 0.1) is 0 Å². The second kappa shape index (κ2) is 6.29. The normalized spacial score (nSPS) is 10.4. The van der Waals surface area contributed by atoms with Gasteiger partial charge in [0.25, 0.3) is 0 Å². The Morgan fingerprint density at radius 1 is 1.50 bits per heavy atom. The molecule has 106 valence electrons. The van der Waals surface area contributed by atoms with Gasteiger partial charge in [0.05, 0.1) is 12.0 Å². The van der Waals surface area contributed by atoms with Crippen molar-refractivity contribution in [1.82, 2.24) is 20.1 Å². The minimum absolute atomic E-state index is 0.133. The molecule has 0 aliphatic carbocycles. The number of rotatable bonds is 6. The molecular weight excluding hydrogens is 280 g/mol. The fourth-order valence-corrected chi connectivity index (χ4v) is 2.52. The number of hydrogen-bond acceptors (Lipinski definition) is 5. The Hall–Kier alpha value is -2.22. The minimum atomic E-state index is -0.977. The number of amides is 1. The van der Waals surface area contributed by atoms with Gasteiger partial charge in [-0.3, -0.25) is 9.48 Å². The topological polar surface area (TPSA) is 97.1 Å². The number of aromatic nitrogens is 3. The first kappa shape index (κ1) is 14.2. The van der Waals surface area contributed by atoms with Crippen molar-refractivity contribution >= 4 is 23.2 Å². The molecular formula is C12H14N4O3S. The number of thiophene rings is 1. The first-order valence-corrected chi connectivity index (χ1v) is 6.84. The molecule has 2 N–H and O–H groups in total. The molecule has 0 spiro atoms. The third-order valence-electron chi connectivity index (χ3n) is 2.71. The van der Waals surface area contributed by atoms with E-state index in [0.29, 0.717) is 13.0 Å². The molecule has 0 aliphatic rings. The van der Waals surface area contributed by atoms with E-state index >= 15 is 0 Å². The molecule has 0 unspecified atom stereocenters. The van der Waals surface area contributed by atoms with Gasteiger partial charge < -0.3 is 10.4 Å². The van der Waals surface area contributed by atoms with Crippen LogP contribution < -0.4 is 5.32 Å². The lowest BCUT2D eigenvalue weighted by Crippen LogP contribution is -2.27. The maximum absolute atomic E-state index is 11.7. The monoisotopic (exact) mass is 294 g/mol. The summed E-state index contributed by atoms with van der Waals surface area (Å²) in [4.78, 5) is 27.2. The zero-order valence-electron chi connectivity index (χ0n) is 10.9. The standard InChI is InChI=1S/C12H14N4O3S/c1-16-10(14-7-15-16)2-3-13-11(17)5-9-4-8(6-20-9)12(18)19/h4,6-7H,2-3,5H2,1H3,(H,13,17)(H,18,19). The Morgan fingerprint density at radius 2 is 2.30 bits per heavy atom. The Kier molecular flexibility index (Phi) is 4.46. The van der Waals surface area contributed by atoms with Crippen LogP contribution in [-0.4, -0.2) is 38.3 Å². The van der Waals surface area contributed by atoms with Crippen molar-refractivity contribution in [3.63, 3.8) is 0 Å². The van der Waals surface area contributed by atoms with Gasteiger partial charge in [0, 0.05) is 30.3 Å². The highest BCUT2D eigenvalue weighted by atomic mass is 32.1. The zero-order chi connectivity index (χ0) is 14.5. The van der Waals surface area contributed by atoms with Crippen LogP contribution in [0.5, 0.6) is 0 Å². The van der Waals surface area contributed by atoms with Crippen LogP contribution >= 0.6 is 11.3 Å². The molecule has 0 aromatic carbocycles. The van der Waals surface area contributed by atoms with Crippen LogP contribution in [0.25, 0.3) is 0 Å². The van der Waals surface area contributed by atoms with Crippen molar-refractivity contribution in [3.8, 4) is 0 Å². The quantitative estimate of drug-likeness (QED) is 0.807. The van der Waals surface area contributed by atoms with E-state index < -0.39 is 5.97 Å². The van der Waals surface area contributed by atoms with E-state index in [9.17, 15) is 9.59 Å². The number of carbonyl (C=O) groups is 2. The maximum Gasteiger partial charge on any atom is 0.336 e.